The summed E-state index contributed by atoms with van der Waals surface area (Å²) in [5.41, 5.74) is 4.52. The fourth-order valence-electron chi connectivity index (χ4n) is 6.63. The van der Waals surface area contributed by atoms with E-state index in [1.165, 1.54) is 0 Å². The second-order valence-electron chi connectivity index (χ2n) is 11.4. The Morgan fingerprint density at radius 1 is 1.08 bits per heavy atom. The third kappa shape index (κ3) is 4.47. The number of benzene rings is 2. The Bertz CT molecular complexity index is 1480. The number of nitrogens with one attached hydrogen (secondary N) is 2. The molecule has 0 unspecified atom stereocenters. The van der Waals surface area contributed by atoms with Gasteiger partial charge in [0.25, 0.3) is 0 Å². The van der Waals surface area contributed by atoms with Gasteiger partial charge in [-0.15, -0.1) is 0 Å². The first-order valence-electron chi connectivity index (χ1n) is 13.8. The van der Waals surface area contributed by atoms with E-state index in [4.69, 9.17) is 16.6 Å². The smallest absolute Gasteiger partial charge is 0.223 e. The number of anilines is 1. The van der Waals surface area contributed by atoms with Gasteiger partial charge in [-0.05, 0) is 49.9 Å². The lowest BCUT2D eigenvalue weighted by atomic mass is 9.77. The van der Waals surface area contributed by atoms with Crippen LogP contribution in [0.5, 0.6) is 0 Å². The molecule has 8 heteroatoms. The summed E-state index contributed by atoms with van der Waals surface area (Å²) in [6.07, 6.45) is 6.28. The highest BCUT2D eigenvalue weighted by atomic mass is 35.5. The number of nitrogens with zero attached hydrogens (tertiary/aromatic N) is 4. The van der Waals surface area contributed by atoms with E-state index < -0.39 is 5.54 Å². The number of hydrogen-bond acceptors (Lipinski definition) is 5. The molecule has 2 aliphatic heterocycles. The number of H-pyrrole nitrogens is 1. The maximum absolute atomic E-state index is 13.7. The van der Waals surface area contributed by atoms with Crippen molar-refractivity contribution in [2.45, 2.75) is 57.2 Å². The number of amides is 1. The second kappa shape index (κ2) is 9.96. The number of aromatic amines is 1. The molecule has 2 aromatic heterocycles. The summed E-state index contributed by atoms with van der Waals surface area (Å²) in [5, 5.41) is 13.0. The fourth-order valence-corrected chi connectivity index (χ4v) is 6.75. The first kappa shape index (κ1) is 25.8. The minimum Gasteiger partial charge on any atom is -0.366 e. The summed E-state index contributed by atoms with van der Waals surface area (Å²) >= 11 is 6.37. The number of pyridine rings is 1. The second-order valence-corrected chi connectivity index (χ2v) is 11.8. The lowest BCUT2D eigenvalue weighted by molar-refractivity contribution is -0.140. The zero-order valence-electron chi connectivity index (χ0n) is 22.7. The predicted octanol–water partition coefficient (Wildman–Crippen LogP) is 5.76. The number of carbonyl (C=O) groups is 1. The monoisotopic (exact) mass is 542 g/mol. The van der Waals surface area contributed by atoms with Crippen molar-refractivity contribution >= 4 is 34.2 Å². The third-order valence-corrected chi connectivity index (χ3v) is 8.76. The van der Waals surface area contributed by atoms with Crippen molar-refractivity contribution in [1.82, 2.24) is 25.4 Å². The summed E-state index contributed by atoms with van der Waals surface area (Å²) < 4.78 is 0. The molecule has 0 saturated carbocycles. The number of rotatable bonds is 5. The van der Waals surface area contributed by atoms with Crippen LogP contribution in [0.15, 0.2) is 67.0 Å². The molecule has 6 rings (SSSR count). The van der Waals surface area contributed by atoms with Crippen LogP contribution < -0.4 is 10.2 Å². The molecule has 202 valence electrons. The Labute approximate surface area is 234 Å². The van der Waals surface area contributed by atoms with E-state index in [-0.39, 0.29) is 17.5 Å². The van der Waals surface area contributed by atoms with Crippen LogP contribution in [0.25, 0.3) is 22.2 Å². The van der Waals surface area contributed by atoms with Gasteiger partial charge in [-0.25, -0.2) is 4.98 Å². The molecule has 0 spiro atoms. The average molecular weight is 543 g/mol. The molecule has 1 amide bonds. The number of halogens is 1. The standard InChI is InChI=1S/C31H35ClN6O/c1-4-27(39)38-17-16-37(28-24(21-8-6-5-7-9-21)18-33-29-25(28)19-34-36-29)20-31(38,22-10-12-23(32)13-11-22)26-14-15-30(2,3)35-26/h5-13,18-19,26,35H,4,14-17,20H2,1-3H3,(H,33,34,36)/t26-,31+/m0/s1. The van der Waals surface area contributed by atoms with Gasteiger partial charge in [-0.2, -0.15) is 5.10 Å². The highest BCUT2D eigenvalue weighted by Crippen LogP contribution is 2.46. The van der Waals surface area contributed by atoms with Crippen molar-refractivity contribution in [2.75, 3.05) is 24.5 Å². The van der Waals surface area contributed by atoms with Crippen molar-refractivity contribution in [3.8, 4) is 11.1 Å². The molecule has 2 fully saturated rings. The van der Waals surface area contributed by atoms with Gasteiger partial charge in [0.15, 0.2) is 5.65 Å². The molecule has 0 bridgehead atoms. The number of fused-ring (bicyclic) bond motifs is 1. The summed E-state index contributed by atoms with van der Waals surface area (Å²) in [6, 6.07) is 18.6. The van der Waals surface area contributed by atoms with Gasteiger partial charge in [-0.3, -0.25) is 9.89 Å². The Kier molecular flexibility index (Phi) is 6.60. The van der Waals surface area contributed by atoms with Crippen LogP contribution in [-0.4, -0.2) is 57.2 Å². The van der Waals surface area contributed by atoms with Crippen molar-refractivity contribution < 1.29 is 4.79 Å². The molecular formula is C31H35ClN6O. The molecule has 0 aliphatic carbocycles. The van der Waals surface area contributed by atoms with E-state index >= 15 is 0 Å². The Balaban J connectivity index is 1.56. The Morgan fingerprint density at radius 3 is 2.54 bits per heavy atom. The van der Waals surface area contributed by atoms with Crippen LogP contribution in [0.2, 0.25) is 5.02 Å². The molecule has 39 heavy (non-hydrogen) atoms. The summed E-state index contributed by atoms with van der Waals surface area (Å²) in [4.78, 5) is 23.0. The fraction of sp³-hybridized carbons (Fsp3) is 0.387. The highest BCUT2D eigenvalue weighted by molar-refractivity contribution is 6.30. The van der Waals surface area contributed by atoms with Gasteiger partial charge in [0.2, 0.25) is 5.91 Å². The SMILES string of the molecule is CCC(=O)N1CCN(c2c(-c3ccccc3)cnc3[nH]ncc23)C[C@@]1(c1ccc(Cl)cc1)[C@@H]1CCC(C)(C)N1. The van der Waals surface area contributed by atoms with Gasteiger partial charge in [0.1, 0.15) is 5.54 Å². The first-order valence-corrected chi connectivity index (χ1v) is 14.2. The Morgan fingerprint density at radius 2 is 1.85 bits per heavy atom. The number of piperazine rings is 1. The predicted molar refractivity (Wildman–Crippen MR) is 157 cm³/mol. The molecule has 7 nitrogen and oxygen atoms in total. The minimum absolute atomic E-state index is 0.0169. The quantitative estimate of drug-likeness (QED) is 0.335. The average Bonchev–Trinajstić information content (AvgIpc) is 3.58. The van der Waals surface area contributed by atoms with Crippen LogP contribution in [0.4, 0.5) is 5.69 Å². The number of aromatic nitrogens is 3. The van der Waals surface area contributed by atoms with Crippen LogP contribution in [0.1, 0.15) is 45.6 Å². The molecule has 4 aromatic rings. The zero-order chi connectivity index (χ0) is 27.2. The van der Waals surface area contributed by atoms with Gasteiger partial charge in [-0.1, -0.05) is 61.0 Å². The zero-order valence-corrected chi connectivity index (χ0v) is 23.5. The lowest BCUT2D eigenvalue weighted by Crippen LogP contribution is -2.69. The van der Waals surface area contributed by atoms with E-state index in [2.05, 4.69) is 75.6 Å². The van der Waals surface area contributed by atoms with Crippen molar-refractivity contribution in [3.63, 3.8) is 0 Å². The van der Waals surface area contributed by atoms with E-state index in [1.54, 1.807) is 0 Å². The van der Waals surface area contributed by atoms with Crippen LogP contribution in [-0.2, 0) is 10.3 Å². The Hall–Kier alpha value is -3.42. The molecule has 0 radical (unpaired) electrons. The van der Waals surface area contributed by atoms with Gasteiger partial charge < -0.3 is 15.1 Å². The molecular weight excluding hydrogens is 508 g/mol. The summed E-state index contributed by atoms with van der Waals surface area (Å²) in [6.45, 7) is 8.42. The maximum atomic E-state index is 13.7. The van der Waals surface area contributed by atoms with E-state index in [0.717, 1.165) is 46.3 Å². The first-order chi connectivity index (χ1) is 18.8. The van der Waals surface area contributed by atoms with Gasteiger partial charge >= 0.3 is 0 Å². The van der Waals surface area contributed by atoms with Crippen molar-refractivity contribution in [3.05, 3.63) is 77.6 Å². The largest absolute Gasteiger partial charge is 0.366 e. The van der Waals surface area contributed by atoms with Gasteiger partial charge in [0.05, 0.1) is 17.3 Å². The van der Waals surface area contributed by atoms with Gasteiger partial charge in [0, 0.05) is 54.4 Å². The van der Waals surface area contributed by atoms with E-state index in [9.17, 15) is 4.79 Å². The van der Waals surface area contributed by atoms with Crippen molar-refractivity contribution in [1.29, 1.82) is 0 Å². The highest BCUT2D eigenvalue weighted by Gasteiger charge is 2.54. The number of hydrogen-bond donors (Lipinski definition) is 2. The molecule has 4 heterocycles. The minimum atomic E-state index is -0.586. The third-order valence-electron chi connectivity index (χ3n) is 8.51. The van der Waals surface area contributed by atoms with Crippen molar-refractivity contribution in [2.24, 2.45) is 0 Å². The van der Waals surface area contributed by atoms with E-state index in [1.807, 2.05) is 37.5 Å². The molecule has 2 aliphatic rings. The van der Waals surface area contributed by atoms with E-state index in [0.29, 0.717) is 31.1 Å². The molecule has 2 N–H and O–H groups in total. The molecule has 2 atom stereocenters. The van der Waals surface area contributed by atoms with Crippen LogP contribution in [0, 0.1) is 0 Å². The number of carbonyl (C=O) groups excluding carboxylic acids is 1. The molecule has 2 saturated heterocycles. The summed E-state index contributed by atoms with van der Waals surface area (Å²) in [5.74, 6) is 0.169. The lowest BCUT2D eigenvalue weighted by Gasteiger charge is -2.55. The molecule has 2 aromatic carbocycles. The maximum Gasteiger partial charge on any atom is 0.223 e. The summed E-state index contributed by atoms with van der Waals surface area (Å²) in [7, 11) is 0. The topological polar surface area (TPSA) is 77.2 Å². The van der Waals surface area contributed by atoms with Crippen LogP contribution in [0.3, 0.4) is 0 Å². The van der Waals surface area contributed by atoms with Crippen LogP contribution >= 0.6 is 11.6 Å². The normalized spacial score (nSPS) is 22.9.